The molecule has 0 aromatic heterocycles. The Morgan fingerprint density at radius 2 is 2.17 bits per heavy atom. The van der Waals surface area contributed by atoms with E-state index in [0.29, 0.717) is 17.6 Å². The van der Waals surface area contributed by atoms with E-state index in [0.717, 1.165) is 6.07 Å². The predicted molar refractivity (Wildman–Crippen MR) is 64.4 cm³/mol. The summed E-state index contributed by atoms with van der Waals surface area (Å²) in [5.41, 5.74) is 0. The lowest BCUT2D eigenvalue weighted by Crippen LogP contribution is -2.31. The van der Waals surface area contributed by atoms with E-state index >= 15 is 0 Å². The topological polar surface area (TPSA) is 47.6 Å². The van der Waals surface area contributed by atoms with Crippen molar-refractivity contribution in [1.82, 2.24) is 5.32 Å². The van der Waals surface area contributed by atoms with Gasteiger partial charge in [0.15, 0.2) is 18.2 Å². The molecule has 1 aromatic rings. The molecule has 7 heteroatoms. The van der Waals surface area contributed by atoms with E-state index in [9.17, 15) is 13.6 Å². The number of hydrogen-bond acceptors (Lipinski definition) is 3. The van der Waals surface area contributed by atoms with Crippen molar-refractivity contribution < 1.29 is 23.0 Å². The van der Waals surface area contributed by atoms with Gasteiger partial charge in [0, 0.05) is 18.1 Å². The molecule has 100 valence electrons. The fraction of sp³-hybridized carbons (Fsp3) is 0.364. The van der Waals surface area contributed by atoms with E-state index in [-0.39, 0.29) is 5.75 Å². The second-order valence-corrected chi connectivity index (χ2v) is 4.25. The Morgan fingerprint density at radius 3 is 2.83 bits per heavy atom. The van der Waals surface area contributed by atoms with Gasteiger partial charge in [-0.3, -0.25) is 4.79 Å². The largest absolute Gasteiger partial charge is 0.481 e. The molecule has 4 nitrogen and oxygen atoms in total. The molecular formula is C11H12BrF2NO3. The Bertz CT molecular complexity index is 429. The smallest absolute Gasteiger partial charge is 0.258 e. The van der Waals surface area contributed by atoms with E-state index in [2.05, 4.69) is 21.2 Å². The van der Waals surface area contributed by atoms with Gasteiger partial charge in [-0.2, -0.15) is 4.39 Å². The molecule has 0 saturated carbocycles. The van der Waals surface area contributed by atoms with Crippen LogP contribution >= 0.6 is 15.9 Å². The number of amides is 1. The molecule has 0 unspecified atom stereocenters. The lowest BCUT2D eigenvalue weighted by atomic mass is 10.3. The molecule has 0 atom stereocenters. The molecular weight excluding hydrogens is 312 g/mol. The number of benzene rings is 1. The number of carbonyl (C=O) groups excluding carboxylic acids is 1. The second kappa shape index (κ2) is 7.27. The minimum atomic E-state index is -1.12. The summed E-state index contributed by atoms with van der Waals surface area (Å²) in [6.07, 6.45) is 0. The average molecular weight is 324 g/mol. The minimum absolute atomic E-state index is 0.316. The molecule has 0 bridgehead atoms. The van der Waals surface area contributed by atoms with Gasteiger partial charge in [-0.1, -0.05) is 15.9 Å². The van der Waals surface area contributed by atoms with Gasteiger partial charge in [0.25, 0.3) is 5.91 Å². The normalized spacial score (nSPS) is 10.2. The maximum Gasteiger partial charge on any atom is 0.258 e. The first-order valence-corrected chi connectivity index (χ1v) is 5.87. The van der Waals surface area contributed by atoms with Crippen molar-refractivity contribution in [3.05, 3.63) is 28.2 Å². The van der Waals surface area contributed by atoms with Gasteiger partial charge >= 0.3 is 0 Å². The highest BCUT2D eigenvalue weighted by Crippen LogP contribution is 2.25. The van der Waals surface area contributed by atoms with E-state index < -0.39 is 24.1 Å². The third kappa shape index (κ3) is 4.58. The van der Waals surface area contributed by atoms with Crippen LogP contribution in [0.1, 0.15) is 0 Å². The maximum absolute atomic E-state index is 13.3. The number of rotatable bonds is 6. The fourth-order valence-corrected chi connectivity index (χ4v) is 1.53. The fourth-order valence-electron chi connectivity index (χ4n) is 1.12. The summed E-state index contributed by atoms with van der Waals surface area (Å²) < 4.78 is 36.2. The zero-order valence-electron chi connectivity index (χ0n) is 9.63. The maximum atomic E-state index is 13.3. The summed E-state index contributed by atoms with van der Waals surface area (Å²) in [6, 6.07) is 2.22. The van der Waals surface area contributed by atoms with Crippen LogP contribution < -0.4 is 10.1 Å². The van der Waals surface area contributed by atoms with Crippen molar-refractivity contribution in [3.8, 4) is 5.75 Å². The summed E-state index contributed by atoms with van der Waals surface area (Å²) in [5.74, 6) is -2.92. The van der Waals surface area contributed by atoms with Crippen LogP contribution in [0.5, 0.6) is 5.75 Å². The monoisotopic (exact) mass is 323 g/mol. The number of methoxy groups -OCH3 is 1. The highest BCUT2D eigenvalue weighted by Gasteiger charge is 2.12. The first-order chi connectivity index (χ1) is 8.54. The molecule has 0 heterocycles. The number of nitrogens with one attached hydrogen (secondary N) is 1. The third-order valence-corrected chi connectivity index (χ3v) is 2.40. The predicted octanol–water partition coefficient (Wildman–Crippen LogP) is 1.87. The van der Waals surface area contributed by atoms with Gasteiger partial charge in [0.05, 0.1) is 6.61 Å². The zero-order chi connectivity index (χ0) is 13.5. The standard InChI is InChI=1S/C11H12BrF2NO3/c1-17-3-2-15-10(16)6-18-9-5-7(12)4-8(13)11(9)14/h4-5H,2-3,6H2,1H3,(H,15,16). The van der Waals surface area contributed by atoms with Crippen molar-refractivity contribution in [2.24, 2.45) is 0 Å². The Labute approximate surface area is 111 Å². The second-order valence-electron chi connectivity index (χ2n) is 3.33. The molecule has 1 rings (SSSR count). The van der Waals surface area contributed by atoms with Crippen LogP contribution in [-0.4, -0.2) is 32.8 Å². The summed E-state index contributed by atoms with van der Waals surface area (Å²) in [4.78, 5) is 11.3. The van der Waals surface area contributed by atoms with Crippen LogP contribution in [0.25, 0.3) is 0 Å². The number of ether oxygens (including phenoxy) is 2. The number of carbonyl (C=O) groups is 1. The highest BCUT2D eigenvalue weighted by molar-refractivity contribution is 9.10. The average Bonchev–Trinajstić information content (AvgIpc) is 2.32. The first kappa shape index (κ1) is 14.8. The van der Waals surface area contributed by atoms with E-state index in [4.69, 9.17) is 9.47 Å². The molecule has 1 aromatic carbocycles. The zero-order valence-corrected chi connectivity index (χ0v) is 11.2. The number of hydrogen-bond donors (Lipinski definition) is 1. The quantitative estimate of drug-likeness (QED) is 0.642. The van der Waals surface area contributed by atoms with Gasteiger partial charge in [0.1, 0.15) is 0 Å². The molecule has 1 amide bonds. The van der Waals surface area contributed by atoms with Crippen LogP contribution in [0.3, 0.4) is 0 Å². The van der Waals surface area contributed by atoms with Crippen molar-refractivity contribution in [2.45, 2.75) is 0 Å². The Morgan fingerprint density at radius 1 is 1.44 bits per heavy atom. The lowest BCUT2D eigenvalue weighted by molar-refractivity contribution is -0.123. The van der Waals surface area contributed by atoms with Gasteiger partial charge in [0.2, 0.25) is 5.82 Å². The Hall–Kier alpha value is -1.21. The minimum Gasteiger partial charge on any atom is -0.481 e. The van der Waals surface area contributed by atoms with Crippen molar-refractivity contribution in [2.75, 3.05) is 26.9 Å². The van der Waals surface area contributed by atoms with E-state index in [1.54, 1.807) is 0 Å². The van der Waals surface area contributed by atoms with Gasteiger partial charge < -0.3 is 14.8 Å². The summed E-state index contributed by atoms with van der Waals surface area (Å²) in [5, 5.41) is 2.49. The summed E-state index contributed by atoms with van der Waals surface area (Å²) in [7, 11) is 1.50. The Kier molecular flexibility index (Phi) is 6.00. The molecule has 0 fully saturated rings. The van der Waals surface area contributed by atoms with Crippen molar-refractivity contribution >= 4 is 21.8 Å². The van der Waals surface area contributed by atoms with Crippen LogP contribution in [0, 0.1) is 11.6 Å². The molecule has 0 radical (unpaired) electrons. The molecule has 18 heavy (non-hydrogen) atoms. The molecule has 0 spiro atoms. The van der Waals surface area contributed by atoms with E-state index in [1.165, 1.54) is 13.2 Å². The SMILES string of the molecule is COCCNC(=O)COc1cc(Br)cc(F)c1F. The summed E-state index contributed by atoms with van der Waals surface area (Å²) in [6.45, 7) is 0.302. The summed E-state index contributed by atoms with van der Waals surface area (Å²) >= 11 is 3.00. The third-order valence-electron chi connectivity index (χ3n) is 1.95. The molecule has 0 saturated heterocycles. The van der Waals surface area contributed by atoms with Crippen LogP contribution in [0.15, 0.2) is 16.6 Å². The first-order valence-electron chi connectivity index (χ1n) is 5.07. The highest BCUT2D eigenvalue weighted by atomic mass is 79.9. The van der Waals surface area contributed by atoms with Crippen LogP contribution in [0.2, 0.25) is 0 Å². The van der Waals surface area contributed by atoms with Gasteiger partial charge in [-0.25, -0.2) is 4.39 Å². The van der Waals surface area contributed by atoms with Gasteiger partial charge in [-0.15, -0.1) is 0 Å². The molecule has 0 aliphatic carbocycles. The van der Waals surface area contributed by atoms with Crippen LogP contribution in [-0.2, 0) is 9.53 Å². The molecule has 1 N–H and O–H groups in total. The van der Waals surface area contributed by atoms with Crippen LogP contribution in [0.4, 0.5) is 8.78 Å². The number of halogens is 3. The molecule has 0 aliphatic rings. The molecule has 0 aliphatic heterocycles. The van der Waals surface area contributed by atoms with E-state index in [1.807, 2.05) is 0 Å². The van der Waals surface area contributed by atoms with Gasteiger partial charge in [-0.05, 0) is 12.1 Å². The van der Waals surface area contributed by atoms with Crippen molar-refractivity contribution in [3.63, 3.8) is 0 Å². The van der Waals surface area contributed by atoms with Crippen molar-refractivity contribution in [1.29, 1.82) is 0 Å². The Balaban J connectivity index is 2.50. The lowest BCUT2D eigenvalue weighted by Gasteiger charge is -2.08.